The molecule has 2 heterocycles. The minimum absolute atomic E-state index is 0.0881. The molecule has 1 amide bonds. The predicted molar refractivity (Wildman–Crippen MR) is 92.5 cm³/mol. The van der Waals surface area contributed by atoms with Crippen molar-refractivity contribution in [3.8, 4) is 5.75 Å². The van der Waals surface area contributed by atoms with Gasteiger partial charge in [-0.25, -0.2) is 4.68 Å². The molecule has 0 atom stereocenters. The Morgan fingerprint density at radius 3 is 2.92 bits per heavy atom. The SMILES string of the molecule is O=C(Nc1cnn(COc2cccc(Cl)c2)c1)c1n[nH]c([N+](=O)[O-])c1Cl. The van der Waals surface area contributed by atoms with Crippen molar-refractivity contribution in [3.63, 3.8) is 0 Å². The predicted octanol–water partition coefficient (Wildman–Crippen LogP) is 3.11. The fourth-order valence-electron chi connectivity index (χ4n) is 1.98. The molecule has 3 aromatic rings. The van der Waals surface area contributed by atoms with Crippen molar-refractivity contribution >= 4 is 40.6 Å². The number of aromatic amines is 1. The van der Waals surface area contributed by atoms with Crippen molar-refractivity contribution in [1.29, 1.82) is 0 Å². The maximum Gasteiger partial charge on any atom is 0.362 e. The molecule has 0 aliphatic rings. The molecule has 0 radical (unpaired) electrons. The zero-order chi connectivity index (χ0) is 18.7. The third kappa shape index (κ3) is 3.92. The molecule has 2 N–H and O–H groups in total. The normalized spacial score (nSPS) is 10.5. The van der Waals surface area contributed by atoms with Gasteiger partial charge in [0, 0.05) is 5.02 Å². The summed E-state index contributed by atoms with van der Waals surface area (Å²) in [5, 5.41) is 23.0. The Kier molecular flexibility index (Phi) is 5.05. The number of amides is 1. The van der Waals surface area contributed by atoms with Crippen molar-refractivity contribution in [3.05, 3.63) is 62.5 Å². The zero-order valence-corrected chi connectivity index (χ0v) is 14.4. The largest absolute Gasteiger partial charge is 0.471 e. The lowest BCUT2D eigenvalue weighted by Gasteiger charge is -2.06. The van der Waals surface area contributed by atoms with E-state index in [4.69, 9.17) is 27.9 Å². The highest BCUT2D eigenvalue weighted by atomic mass is 35.5. The first-order valence-corrected chi connectivity index (χ1v) is 7.80. The van der Waals surface area contributed by atoms with Crippen LogP contribution in [-0.4, -0.2) is 30.8 Å². The first-order chi connectivity index (χ1) is 12.4. The van der Waals surface area contributed by atoms with E-state index in [0.717, 1.165) is 0 Å². The smallest absolute Gasteiger partial charge is 0.362 e. The third-order valence-corrected chi connectivity index (χ3v) is 3.73. The molecule has 12 heteroatoms. The quantitative estimate of drug-likeness (QED) is 0.486. The topological polar surface area (TPSA) is 128 Å². The van der Waals surface area contributed by atoms with Crippen molar-refractivity contribution in [1.82, 2.24) is 20.0 Å². The first kappa shape index (κ1) is 17.7. The van der Waals surface area contributed by atoms with Gasteiger partial charge in [0.15, 0.2) is 17.4 Å². The molecule has 0 saturated heterocycles. The van der Waals surface area contributed by atoms with Crippen molar-refractivity contribution in [2.45, 2.75) is 6.73 Å². The number of aromatic nitrogens is 4. The number of nitrogens with one attached hydrogen (secondary N) is 2. The van der Waals surface area contributed by atoms with Crippen molar-refractivity contribution < 1.29 is 14.5 Å². The molecule has 2 aromatic heterocycles. The Balaban J connectivity index is 1.63. The standard InChI is InChI=1S/C14H10Cl2N6O4/c15-8-2-1-3-10(4-8)26-7-21-6-9(5-17-21)18-14(23)12-11(16)13(20-19-12)22(24)25/h1-6H,7H2,(H,18,23)(H,19,20). The van der Waals surface area contributed by atoms with Crippen LogP contribution in [0.4, 0.5) is 11.5 Å². The second-order valence-corrected chi connectivity index (χ2v) is 5.76. The highest BCUT2D eigenvalue weighted by molar-refractivity contribution is 6.35. The van der Waals surface area contributed by atoms with E-state index in [2.05, 4.69) is 20.6 Å². The van der Waals surface area contributed by atoms with Gasteiger partial charge in [-0.1, -0.05) is 34.4 Å². The number of carbonyl (C=O) groups excluding carboxylic acids is 1. The maximum absolute atomic E-state index is 12.1. The summed E-state index contributed by atoms with van der Waals surface area (Å²) in [5.74, 6) is -0.703. The molecule has 0 unspecified atom stereocenters. The second kappa shape index (κ2) is 7.42. The number of anilines is 1. The minimum Gasteiger partial charge on any atom is -0.471 e. The molecule has 0 spiro atoms. The number of hydrogen-bond donors (Lipinski definition) is 2. The van der Waals surface area contributed by atoms with E-state index >= 15 is 0 Å². The molecule has 0 fully saturated rings. The molecule has 0 aliphatic carbocycles. The lowest BCUT2D eigenvalue weighted by Crippen LogP contribution is -2.12. The number of H-pyrrole nitrogens is 1. The summed E-state index contributed by atoms with van der Waals surface area (Å²) in [6, 6.07) is 6.87. The number of hydrogen-bond acceptors (Lipinski definition) is 6. The number of ether oxygens (including phenoxy) is 1. The van der Waals surface area contributed by atoms with Crippen LogP contribution in [0, 0.1) is 10.1 Å². The number of nitro groups is 1. The van der Waals surface area contributed by atoms with Gasteiger partial charge in [-0.3, -0.25) is 4.79 Å². The van der Waals surface area contributed by atoms with E-state index in [9.17, 15) is 14.9 Å². The van der Waals surface area contributed by atoms with Gasteiger partial charge in [0.2, 0.25) is 0 Å². The fourth-order valence-corrected chi connectivity index (χ4v) is 2.40. The molecule has 0 bridgehead atoms. The number of carbonyl (C=O) groups is 1. The highest BCUT2D eigenvalue weighted by Gasteiger charge is 2.25. The number of benzene rings is 1. The van der Waals surface area contributed by atoms with E-state index in [1.54, 1.807) is 24.3 Å². The minimum atomic E-state index is -0.767. The van der Waals surface area contributed by atoms with Gasteiger partial charge >= 0.3 is 5.82 Å². The molecular formula is C14H10Cl2N6O4. The van der Waals surface area contributed by atoms with Gasteiger partial charge in [0.1, 0.15) is 5.75 Å². The van der Waals surface area contributed by atoms with Crippen molar-refractivity contribution in [2.24, 2.45) is 0 Å². The van der Waals surface area contributed by atoms with Gasteiger partial charge in [-0.05, 0) is 23.1 Å². The van der Waals surface area contributed by atoms with E-state index < -0.39 is 16.6 Å². The first-order valence-electron chi connectivity index (χ1n) is 7.04. The number of rotatable bonds is 6. The Hall–Kier alpha value is -3.11. The second-order valence-electron chi connectivity index (χ2n) is 4.95. The average molecular weight is 397 g/mol. The number of nitrogens with zero attached hydrogens (tertiary/aromatic N) is 4. The van der Waals surface area contributed by atoms with Crippen LogP contribution in [-0.2, 0) is 6.73 Å². The summed E-state index contributed by atoms with van der Waals surface area (Å²) >= 11 is 11.6. The molecule has 0 aliphatic heterocycles. The third-order valence-electron chi connectivity index (χ3n) is 3.14. The molecule has 10 nitrogen and oxygen atoms in total. The summed E-state index contributed by atoms with van der Waals surface area (Å²) in [5.41, 5.74) is 0.0488. The molecule has 3 rings (SSSR count). The summed E-state index contributed by atoms with van der Waals surface area (Å²) in [7, 11) is 0. The number of halogens is 2. The van der Waals surface area contributed by atoms with Crippen molar-refractivity contribution in [2.75, 3.05) is 5.32 Å². The maximum atomic E-state index is 12.1. The van der Waals surface area contributed by atoms with Crippen LogP contribution in [0.15, 0.2) is 36.7 Å². The van der Waals surface area contributed by atoms with Crippen LogP contribution in [0.2, 0.25) is 10.0 Å². The Morgan fingerprint density at radius 2 is 2.23 bits per heavy atom. The summed E-state index contributed by atoms with van der Waals surface area (Å²) in [6.45, 7) is 0.0881. The van der Waals surface area contributed by atoms with Crippen LogP contribution in [0.5, 0.6) is 5.75 Å². The molecule has 0 saturated carbocycles. The molecular weight excluding hydrogens is 387 g/mol. The van der Waals surface area contributed by atoms with E-state index in [1.165, 1.54) is 17.1 Å². The van der Waals surface area contributed by atoms with Gasteiger partial charge in [-0.15, -0.1) is 5.10 Å². The molecule has 26 heavy (non-hydrogen) atoms. The summed E-state index contributed by atoms with van der Waals surface area (Å²) < 4.78 is 6.95. The van der Waals surface area contributed by atoms with Gasteiger partial charge < -0.3 is 20.2 Å². The van der Waals surface area contributed by atoms with Gasteiger partial charge in [0.05, 0.1) is 18.1 Å². The van der Waals surface area contributed by atoms with E-state index in [-0.39, 0.29) is 17.4 Å². The monoisotopic (exact) mass is 396 g/mol. The summed E-state index contributed by atoms with van der Waals surface area (Å²) in [4.78, 5) is 22.1. The van der Waals surface area contributed by atoms with Gasteiger partial charge in [-0.2, -0.15) is 5.10 Å². The van der Waals surface area contributed by atoms with E-state index in [1.807, 2.05) is 0 Å². The van der Waals surface area contributed by atoms with Crippen LogP contribution in [0.1, 0.15) is 10.5 Å². The molecule has 134 valence electrons. The lowest BCUT2D eigenvalue weighted by molar-refractivity contribution is -0.389. The molecule has 1 aromatic carbocycles. The lowest BCUT2D eigenvalue weighted by atomic mass is 10.3. The Bertz CT molecular complexity index is 970. The van der Waals surface area contributed by atoms with Crippen LogP contribution in [0.25, 0.3) is 0 Å². The highest BCUT2D eigenvalue weighted by Crippen LogP contribution is 2.25. The van der Waals surface area contributed by atoms with Gasteiger partial charge in [0.25, 0.3) is 5.91 Å². The Morgan fingerprint density at radius 1 is 1.42 bits per heavy atom. The van der Waals surface area contributed by atoms with Crippen LogP contribution in [0.3, 0.4) is 0 Å². The summed E-state index contributed by atoms with van der Waals surface area (Å²) in [6.07, 6.45) is 2.89. The van der Waals surface area contributed by atoms with Crippen LogP contribution >= 0.6 is 23.2 Å². The zero-order valence-electron chi connectivity index (χ0n) is 12.8. The Labute approximate surface area is 155 Å². The van der Waals surface area contributed by atoms with E-state index in [0.29, 0.717) is 16.5 Å². The fraction of sp³-hybridized carbons (Fsp3) is 0.0714. The van der Waals surface area contributed by atoms with Crippen LogP contribution < -0.4 is 10.1 Å². The average Bonchev–Trinajstić information content (AvgIpc) is 3.19.